The summed E-state index contributed by atoms with van der Waals surface area (Å²) in [4.78, 5) is 12.3. The van der Waals surface area contributed by atoms with Crippen molar-refractivity contribution < 1.29 is 4.79 Å². The van der Waals surface area contributed by atoms with Crippen LogP contribution in [-0.4, -0.2) is 17.4 Å². The molecular weight excluding hydrogens is 278 g/mol. The normalized spacial score (nSPS) is 13.5. The second-order valence-electron chi connectivity index (χ2n) is 5.14. The van der Waals surface area contributed by atoms with Gasteiger partial charge in [0.25, 0.3) is 0 Å². The minimum atomic E-state index is -0.103. The fourth-order valence-electron chi connectivity index (χ4n) is 2.13. The first-order valence-corrected chi connectivity index (χ1v) is 8.35. The van der Waals surface area contributed by atoms with Crippen LogP contribution < -0.4 is 5.32 Å². The van der Waals surface area contributed by atoms with Crippen molar-refractivity contribution in [3.05, 3.63) is 71.3 Å². The molecule has 0 spiro atoms. The fraction of sp³-hybridized carbons (Fsp3) is 0.278. The first-order chi connectivity index (χ1) is 10.1. The molecule has 0 radical (unpaired) electrons. The van der Waals surface area contributed by atoms with Gasteiger partial charge in [-0.3, -0.25) is 4.79 Å². The van der Waals surface area contributed by atoms with Crippen LogP contribution in [0.15, 0.2) is 54.6 Å². The Morgan fingerprint density at radius 3 is 2.14 bits per heavy atom. The molecule has 0 saturated heterocycles. The molecule has 3 heteroatoms. The summed E-state index contributed by atoms with van der Waals surface area (Å²) < 4.78 is 0. The highest BCUT2D eigenvalue weighted by molar-refractivity contribution is 7.99. The van der Waals surface area contributed by atoms with Gasteiger partial charge in [-0.25, -0.2) is 0 Å². The molecule has 0 bridgehead atoms. The Bertz CT molecular complexity index is 580. The Morgan fingerprint density at radius 2 is 1.57 bits per heavy atom. The lowest BCUT2D eigenvalue weighted by atomic mass is 9.97. The van der Waals surface area contributed by atoms with Crippen molar-refractivity contribution >= 4 is 17.7 Å². The van der Waals surface area contributed by atoms with Crippen LogP contribution >= 0.6 is 11.8 Å². The first kappa shape index (κ1) is 15.6. The third kappa shape index (κ3) is 4.11. The molecular formula is C18H21NOS. The van der Waals surface area contributed by atoms with Gasteiger partial charge in [0.15, 0.2) is 0 Å². The van der Waals surface area contributed by atoms with Crippen molar-refractivity contribution in [2.75, 3.05) is 6.26 Å². The molecule has 0 heterocycles. The number of hydrogen-bond donors (Lipinski definition) is 1. The largest absolute Gasteiger partial charge is 0.344 e. The van der Waals surface area contributed by atoms with E-state index in [1.807, 2.05) is 31.4 Å². The molecule has 2 unspecified atom stereocenters. The maximum atomic E-state index is 12.3. The number of carbonyl (C=O) groups excluding carboxylic acids is 1. The third-order valence-electron chi connectivity index (χ3n) is 3.55. The van der Waals surface area contributed by atoms with Crippen molar-refractivity contribution in [2.45, 2.75) is 25.1 Å². The number of aryl methyl sites for hydroxylation is 1. The molecule has 0 aliphatic rings. The van der Waals surface area contributed by atoms with Crippen LogP contribution in [0.2, 0.25) is 0 Å². The van der Waals surface area contributed by atoms with Gasteiger partial charge < -0.3 is 5.32 Å². The highest BCUT2D eigenvalue weighted by atomic mass is 32.2. The summed E-state index contributed by atoms with van der Waals surface area (Å²) in [5.74, 6) is 0.0666. The molecule has 0 saturated carbocycles. The predicted octanol–water partition coefficient (Wildman–Crippen LogP) is 3.95. The molecule has 2 nitrogen and oxygen atoms in total. The zero-order valence-corrected chi connectivity index (χ0v) is 13.5. The standard InChI is InChI=1S/C18H21NOS/c1-13-9-11-16(12-10-13)17(15-7-5-4-6-8-15)19-18(20)14(2)21-3/h4-12,14,17H,1-3H3,(H,19,20). The topological polar surface area (TPSA) is 29.1 Å². The Labute approximate surface area is 131 Å². The highest BCUT2D eigenvalue weighted by Crippen LogP contribution is 2.23. The molecule has 0 aromatic heterocycles. The van der Waals surface area contributed by atoms with E-state index in [1.165, 1.54) is 5.56 Å². The van der Waals surface area contributed by atoms with E-state index in [2.05, 4.69) is 48.6 Å². The van der Waals surface area contributed by atoms with Crippen LogP contribution in [0.25, 0.3) is 0 Å². The molecule has 0 fully saturated rings. The third-order valence-corrected chi connectivity index (χ3v) is 4.47. The molecule has 2 aromatic carbocycles. The van der Waals surface area contributed by atoms with Crippen LogP contribution in [0.5, 0.6) is 0 Å². The Balaban J connectivity index is 2.31. The van der Waals surface area contributed by atoms with Gasteiger partial charge in [0.1, 0.15) is 0 Å². The van der Waals surface area contributed by atoms with E-state index in [9.17, 15) is 4.79 Å². The van der Waals surface area contributed by atoms with Crippen molar-refractivity contribution in [3.63, 3.8) is 0 Å². The van der Waals surface area contributed by atoms with Crippen molar-refractivity contribution in [3.8, 4) is 0 Å². The van der Waals surface area contributed by atoms with Crippen molar-refractivity contribution in [1.82, 2.24) is 5.32 Å². The van der Waals surface area contributed by atoms with Gasteiger partial charge in [-0.2, -0.15) is 11.8 Å². The monoisotopic (exact) mass is 299 g/mol. The SMILES string of the molecule is CSC(C)C(=O)NC(c1ccccc1)c1ccc(C)cc1. The molecule has 21 heavy (non-hydrogen) atoms. The Hall–Kier alpha value is -1.74. The lowest BCUT2D eigenvalue weighted by molar-refractivity contribution is -0.120. The van der Waals surface area contributed by atoms with Crippen molar-refractivity contribution in [1.29, 1.82) is 0 Å². The molecule has 2 aromatic rings. The Morgan fingerprint density at radius 1 is 1.00 bits per heavy atom. The quantitative estimate of drug-likeness (QED) is 0.905. The van der Waals surface area contributed by atoms with Gasteiger partial charge in [-0.15, -0.1) is 0 Å². The van der Waals surface area contributed by atoms with Crippen LogP contribution in [0.4, 0.5) is 0 Å². The minimum Gasteiger partial charge on any atom is -0.344 e. The van der Waals surface area contributed by atoms with E-state index >= 15 is 0 Å². The highest BCUT2D eigenvalue weighted by Gasteiger charge is 2.19. The summed E-state index contributed by atoms with van der Waals surface area (Å²) in [6.45, 7) is 3.99. The molecule has 0 aliphatic carbocycles. The van der Waals surface area contributed by atoms with E-state index in [0.717, 1.165) is 11.1 Å². The Kier molecular flexibility index (Phi) is 5.45. The maximum Gasteiger partial charge on any atom is 0.233 e. The summed E-state index contributed by atoms with van der Waals surface area (Å²) in [7, 11) is 0. The molecule has 2 atom stereocenters. The summed E-state index contributed by atoms with van der Waals surface area (Å²) in [6, 6.07) is 18.3. The van der Waals surface area contributed by atoms with Crippen LogP contribution in [0.3, 0.4) is 0 Å². The van der Waals surface area contributed by atoms with E-state index in [1.54, 1.807) is 11.8 Å². The predicted molar refractivity (Wildman–Crippen MR) is 90.6 cm³/mol. The number of carbonyl (C=O) groups is 1. The summed E-state index contributed by atoms with van der Waals surface area (Å²) in [6.07, 6.45) is 1.95. The summed E-state index contributed by atoms with van der Waals surface area (Å²) in [5.41, 5.74) is 3.42. The second kappa shape index (κ2) is 7.32. The second-order valence-corrected chi connectivity index (χ2v) is 6.32. The maximum absolute atomic E-state index is 12.3. The lowest BCUT2D eigenvalue weighted by Crippen LogP contribution is -2.34. The van der Waals surface area contributed by atoms with Gasteiger partial charge in [0, 0.05) is 0 Å². The molecule has 2 rings (SSSR count). The minimum absolute atomic E-state index is 0.0540. The van der Waals surface area contributed by atoms with Gasteiger partial charge in [0.2, 0.25) is 5.91 Å². The van der Waals surface area contributed by atoms with Gasteiger partial charge >= 0.3 is 0 Å². The van der Waals surface area contributed by atoms with Crippen LogP contribution in [0.1, 0.15) is 29.7 Å². The number of amides is 1. The smallest absolute Gasteiger partial charge is 0.233 e. The van der Waals surface area contributed by atoms with E-state index in [4.69, 9.17) is 0 Å². The number of benzene rings is 2. The molecule has 0 aliphatic heterocycles. The van der Waals surface area contributed by atoms with Gasteiger partial charge in [-0.05, 0) is 31.2 Å². The van der Waals surface area contributed by atoms with E-state index < -0.39 is 0 Å². The van der Waals surface area contributed by atoms with E-state index in [0.29, 0.717) is 0 Å². The number of nitrogens with one attached hydrogen (secondary N) is 1. The molecule has 1 N–H and O–H groups in total. The van der Waals surface area contributed by atoms with E-state index in [-0.39, 0.29) is 17.2 Å². The summed E-state index contributed by atoms with van der Waals surface area (Å²) in [5, 5.41) is 3.11. The average Bonchev–Trinajstić information content (AvgIpc) is 2.53. The zero-order valence-electron chi connectivity index (χ0n) is 12.7. The lowest BCUT2D eigenvalue weighted by Gasteiger charge is -2.21. The summed E-state index contributed by atoms with van der Waals surface area (Å²) >= 11 is 1.56. The van der Waals surface area contributed by atoms with Gasteiger partial charge in [-0.1, -0.05) is 60.2 Å². The number of rotatable bonds is 5. The average molecular weight is 299 g/mol. The number of hydrogen-bond acceptors (Lipinski definition) is 2. The van der Waals surface area contributed by atoms with Crippen LogP contribution in [-0.2, 0) is 4.79 Å². The van der Waals surface area contributed by atoms with Crippen LogP contribution in [0, 0.1) is 6.92 Å². The zero-order chi connectivity index (χ0) is 15.2. The van der Waals surface area contributed by atoms with Gasteiger partial charge in [0.05, 0.1) is 11.3 Å². The van der Waals surface area contributed by atoms with Crippen molar-refractivity contribution in [2.24, 2.45) is 0 Å². The molecule has 110 valence electrons. The molecule has 1 amide bonds. The first-order valence-electron chi connectivity index (χ1n) is 7.06. The number of thioether (sulfide) groups is 1. The fourth-order valence-corrected chi connectivity index (χ4v) is 2.41.